The molecule has 1 amide bonds. The van der Waals surface area contributed by atoms with Gasteiger partial charge in [-0.3, -0.25) is 14.3 Å². The number of nitrogens with zero attached hydrogens (tertiary/aromatic N) is 4. The highest BCUT2D eigenvalue weighted by molar-refractivity contribution is 7.99. The van der Waals surface area contributed by atoms with Crippen LogP contribution in [-0.2, 0) is 16.1 Å². The maximum absolute atomic E-state index is 12.4. The van der Waals surface area contributed by atoms with Crippen molar-refractivity contribution in [2.75, 3.05) is 45.1 Å². The Balaban J connectivity index is 1.37. The van der Waals surface area contributed by atoms with Crippen molar-refractivity contribution in [1.82, 2.24) is 25.0 Å². The molecule has 0 radical (unpaired) electrons. The Bertz CT molecular complexity index is 1040. The molecule has 0 spiro atoms. The lowest BCUT2D eigenvalue weighted by Crippen LogP contribution is -2.41. The van der Waals surface area contributed by atoms with E-state index in [-0.39, 0.29) is 18.3 Å². The molecule has 0 saturated carbocycles. The summed E-state index contributed by atoms with van der Waals surface area (Å²) >= 11 is 1.37. The molecule has 0 unspecified atom stereocenters. The van der Waals surface area contributed by atoms with Crippen LogP contribution in [0.4, 0.5) is 0 Å². The number of ether oxygens (including phenoxy) is 2. The average molecular weight is 468 g/mol. The highest BCUT2D eigenvalue weighted by Crippen LogP contribution is 2.24. The number of hydrogen-bond acceptors (Lipinski definition) is 7. The monoisotopic (exact) mass is 467 g/mol. The molecule has 2 aromatic carbocycles. The third-order valence-electron chi connectivity index (χ3n) is 5.35. The fraction of sp³-hybridized carbons (Fsp3) is 0.375. The Hall–Kier alpha value is -2.88. The van der Waals surface area contributed by atoms with Gasteiger partial charge in [-0.15, -0.1) is 10.2 Å². The summed E-state index contributed by atoms with van der Waals surface area (Å²) in [5, 5.41) is 12.4. The number of amides is 1. The largest absolute Gasteiger partial charge is 0.485 e. The summed E-state index contributed by atoms with van der Waals surface area (Å²) < 4.78 is 13.3. The van der Waals surface area contributed by atoms with E-state index in [0.29, 0.717) is 17.5 Å². The molecule has 8 nitrogen and oxygen atoms in total. The molecule has 1 aromatic heterocycles. The zero-order valence-electron chi connectivity index (χ0n) is 18.8. The number of morpholine rings is 1. The maximum atomic E-state index is 12.4. The molecule has 2 heterocycles. The zero-order chi connectivity index (χ0) is 22.9. The molecule has 0 aliphatic carbocycles. The number of carbonyl (C=O) groups is 1. The molecule has 9 heteroatoms. The molecular formula is C24H29N5O3S. The SMILES string of the molecule is Cc1ccccc1OCc1nnc(SCC(=O)NCCN2CCOCC2)n1-c1ccccc1. The van der Waals surface area contributed by atoms with Crippen LogP contribution in [-0.4, -0.2) is 70.7 Å². The maximum Gasteiger partial charge on any atom is 0.230 e. The predicted molar refractivity (Wildman–Crippen MR) is 128 cm³/mol. The van der Waals surface area contributed by atoms with Crippen LogP contribution in [0.2, 0.25) is 0 Å². The molecule has 1 N–H and O–H groups in total. The Labute approximate surface area is 198 Å². The van der Waals surface area contributed by atoms with E-state index in [1.54, 1.807) is 0 Å². The van der Waals surface area contributed by atoms with Crippen molar-refractivity contribution < 1.29 is 14.3 Å². The van der Waals surface area contributed by atoms with Gasteiger partial charge in [0.1, 0.15) is 12.4 Å². The summed E-state index contributed by atoms with van der Waals surface area (Å²) in [6.07, 6.45) is 0. The second kappa shape index (κ2) is 11.8. The Morgan fingerprint density at radius 3 is 2.64 bits per heavy atom. The van der Waals surface area contributed by atoms with Gasteiger partial charge in [0.05, 0.1) is 19.0 Å². The zero-order valence-corrected chi connectivity index (χ0v) is 19.6. The van der Waals surface area contributed by atoms with Crippen LogP contribution in [0, 0.1) is 6.92 Å². The molecule has 33 heavy (non-hydrogen) atoms. The minimum atomic E-state index is -0.0198. The molecule has 1 saturated heterocycles. The lowest BCUT2D eigenvalue weighted by molar-refractivity contribution is -0.118. The first kappa shape index (κ1) is 23.3. The lowest BCUT2D eigenvalue weighted by Gasteiger charge is -2.26. The fourth-order valence-corrected chi connectivity index (χ4v) is 4.34. The number of hydrogen-bond donors (Lipinski definition) is 1. The predicted octanol–water partition coefficient (Wildman–Crippen LogP) is 2.70. The van der Waals surface area contributed by atoms with E-state index < -0.39 is 0 Å². The third kappa shape index (κ3) is 6.56. The van der Waals surface area contributed by atoms with Gasteiger partial charge < -0.3 is 14.8 Å². The number of aromatic nitrogens is 3. The van der Waals surface area contributed by atoms with E-state index in [0.717, 1.165) is 49.8 Å². The first-order valence-electron chi connectivity index (χ1n) is 11.1. The quantitative estimate of drug-likeness (QED) is 0.459. The summed E-state index contributed by atoms with van der Waals surface area (Å²) in [6.45, 7) is 7.09. The summed E-state index contributed by atoms with van der Waals surface area (Å²) in [4.78, 5) is 14.7. The molecule has 1 fully saturated rings. The van der Waals surface area contributed by atoms with Crippen LogP contribution in [0.25, 0.3) is 5.69 Å². The van der Waals surface area contributed by atoms with Crippen molar-refractivity contribution in [2.24, 2.45) is 0 Å². The molecule has 4 rings (SSSR count). The summed E-state index contributed by atoms with van der Waals surface area (Å²) in [7, 11) is 0. The van der Waals surface area contributed by atoms with Crippen molar-refractivity contribution in [2.45, 2.75) is 18.7 Å². The number of carbonyl (C=O) groups excluding carboxylic acids is 1. The average Bonchev–Trinajstić information content (AvgIpc) is 3.26. The van der Waals surface area contributed by atoms with E-state index in [1.807, 2.05) is 66.1 Å². The standard InChI is InChI=1S/C24H29N5O3S/c1-19-7-5-6-10-21(19)32-17-22-26-27-24(29(22)20-8-3-2-4-9-20)33-18-23(30)25-11-12-28-13-15-31-16-14-28/h2-10H,11-18H2,1H3,(H,25,30). The van der Waals surface area contributed by atoms with Crippen molar-refractivity contribution in [3.05, 3.63) is 66.0 Å². The van der Waals surface area contributed by atoms with Gasteiger partial charge in [0.25, 0.3) is 0 Å². The molecule has 0 bridgehead atoms. The van der Waals surface area contributed by atoms with Crippen molar-refractivity contribution in [3.63, 3.8) is 0 Å². The molecule has 0 atom stereocenters. The van der Waals surface area contributed by atoms with Crippen LogP contribution in [0.15, 0.2) is 59.8 Å². The highest BCUT2D eigenvalue weighted by Gasteiger charge is 2.17. The minimum Gasteiger partial charge on any atom is -0.485 e. The molecule has 1 aliphatic rings. The van der Waals surface area contributed by atoms with Gasteiger partial charge in [-0.1, -0.05) is 48.2 Å². The summed E-state index contributed by atoms with van der Waals surface area (Å²) in [6, 6.07) is 17.8. The lowest BCUT2D eigenvalue weighted by atomic mass is 10.2. The van der Waals surface area contributed by atoms with E-state index in [1.165, 1.54) is 11.8 Å². The Morgan fingerprint density at radius 1 is 1.09 bits per heavy atom. The summed E-state index contributed by atoms with van der Waals surface area (Å²) in [5.41, 5.74) is 1.99. The van der Waals surface area contributed by atoms with E-state index in [9.17, 15) is 4.79 Å². The van der Waals surface area contributed by atoms with Gasteiger partial charge in [0, 0.05) is 31.9 Å². The van der Waals surface area contributed by atoms with Gasteiger partial charge in [-0.2, -0.15) is 0 Å². The smallest absolute Gasteiger partial charge is 0.230 e. The van der Waals surface area contributed by atoms with Crippen molar-refractivity contribution in [1.29, 1.82) is 0 Å². The van der Waals surface area contributed by atoms with Crippen LogP contribution < -0.4 is 10.1 Å². The Kier molecular flexibility index (Phi) is 8.35. The number of thioether (sulfide) groups is 1. The first-order valence-corrected chi connectivity index (χ1v) is 12.1. The summed E-state index contributed by atoms with van der Waals surface area (Å²) in [5.74, 6) is 1.74. The molecule has 174 valence electrons. The minimum absolute atomic E-state index is 0.0198. The number of benzene rings is 2. The number of nitrogens with one attached hydrogen (secondary N) is 1. The molecular weight excluding hydrogens is 438 g/mol. The molecule has 3 aromatic rings. The number of aryl methyl sites for hydroxylation is 1. The second-order valence-corrected chi connectivity index (χ2v) is 8.66. The van der Waals surface area contributed by atoms with Gasteiger partial charge in [0.15, 0.2) is 11.0 Å². The van der Waals surface area contributed by atoms with Gasteiger partial charge in [-0.25, -0.2) is 0 Å². The van der Waals surface area contributed by atoms with Gasteiger partial charge >= 0.3 is 0 Å². The highest BCUT2D eigenvalue weighted by atomic mass is 32.2. The fourth-order valence-electron chi connectivity index (χ4n) is 3.54. The Morgan fingerprint density at radius 2 is 1.85 bits per heavy atom. The number of rotatable bonds is 10. The third-order valence-corrected chi connectivity index (χ3v) is 6.28. The van der Waals surface area contributed by atoms with Crippen molar-refractivity contribution >= 4 is 17.7 Å². The van der Waals surface area contributed by atoms with Gasteiger partial charge in [-0.05, 0) is 30.7 Å². The van der Waals surface area contributed by atoms with Crippen LogP contribution in [0.5, 0.6) is 5.75 Å². The first-order chi connectivity index (χ1) is 16.2. The number of para-hydroxylation sites is 2. The second-order valence-electron chi connectivity index (χ2n) is 7.72. The van der Waals surface area contributed by atoms with Crippen LogP contribution >= 0.6 is 11.8 Å². The van der Waals surface area contributed by atoms with Crippen molar-refractivity contribution in [3.8, 4) is 11.4 Å². The van der Waals surface area contributed by atoms with E-state index in [2.05, 4.69) is 20.4 Å². The normalized spacial score (nSPS) is 14.2. The van der Waals surface area contributed by atoms with E-state index >= 15 is 0 Å². The topological polar surface area (TPSA) is 81.5 Å². The van der Waals surface area contributed by atoms with E-state index in [4.69, 9.17) is 9.47 Å². The molecule has 1 aliphatic heterocycles. The van der Waals surface area contributed by atoms with Gasteiger partial charge in [0.2, 0.25) is 5.91 Å². The van der Waals surface area contributed by atoms with Crippen LogP contribution in [0.3, 0.4) is 0 Å². The van der Waals surface area contributed by atoms with Crippen LogP contribution in [0.1, 0.15) is 11.4 Å².